The molecule has 33 heavy (non-hydrogen) atoms. The highest BCUT2D eigenvalue weighted by Crippen LogP contribution is 2.34. The molecular weight excluding hydrogens is 531 g/mol. The van der Waals surface area contributed by atoms with Crippen molar-refractivity contribution in [2.45, 2.75) is 63.6 Å². The lowest BCUT2D eigenvalue weighted by Gasteiger charge is -2.48. The predicted octanol–water partition coefficient (Wildman–Crippen LogP) is 3.48. The molecule has 3 aliphatic rings. The van der Waals surface area contributed by atoms with Gasteiger partial charge in [-0.25, -0.2) is 0 Å². The topological polar surface area (TPSA) is 67.4 Å². The Bertz CT molecular complexity index is 758. The Labute approximate surface area is 216 Å². The van der Waals surface area contributed by atoms with Crippen molar-refractivity contribution in [3.8, 4) is 5.75 Å². The third kappa shape index (κ3) is 7.19. The van der Waals surface area contributed by atoms with Gasteiger partial charge in [0.05, 0.1) is 26.4 Å². The fourth-order valence-corrected chi connectivity index (χ4v) is 5.20. The van der Waals surface area contributed by atoms with Gasteiger partial charge >= 0.3 is 0 Å². The molecular formula is C25H41IN4O3. The minimum atomic E-state index is 0. The van der Waals surface area contributed by atoms with Crippen molar-refractivity contribution in [2.24, 2.45) is 4.99 Å². The van der Waals surface area contributed by atoms with Crippen molar-refractivity contribution < 1.29 is 14.2 Å². The molecule has 7 nitrogen and oxygen atoms in total. The molecule has 186 valence electrons. The van der Waals surface area contributed by atoms with Crippen LogP contribution >= 0.6 is 24.0 Å². The van der Waals surface area contributed by atoms with E-state index < -0.39 is 0 Å². The number of ether oxygens (including phenoxy) is 3. The van der Waals surface area contributed by atoms with Gasteiger partial charge in [0, 0.05) is 50.7 Å². The normalized spacial score (nSPS) is 23.6. The molecule has 4 rings (SSSR count). The fourth-order valence-electron chi connectivity index (χ4n) is 5.20. The van der Waals surface area contributed by atoms with Gasteiger partial charge in [0.2, 0.25) is 0 Å². The zero-order chi connectivity index (χ0) is 22.2. The van der Waals surface area contributed by atoms with Gasteiger partial charge in [0.25, 0.3) is 0 Å². The van der Waals surface area contributed by atoms with Crippen LogP contribution in [0.3, 0.4) is 0 Å². The molecule has 1 atom stereocenters. The van der Waals surface area contributed by atoms with Crippen LogP contribution in [-0.2, 0) is 16.0 Å². The first kappa shape index (κ1) is 26.5. The van der Waals surface area contributed by atoms with E-state index in [9.17, 15) is 0 Å². The smallest absolute Gasteiger partial charge is 0.191 e. The highest BCUT2D eigenvalue weighted by Gasteiger charge is 2.38. The molecule has 2 aliphatic heterocycles. The third-order valence-electron chi connectivity index (χ3n) is 7.13. The number of benzene rings is 1. The van der Waals surface area contributed by atoms with Gasteiger partial charge in [-0.05, 0) is 31.4 Å². The Balaban J connectivity index is 0.00000306. The van der Waals surface area contributed by atoms with Crippen LogP contribution in [0.15, 0.2) is 23.2 Å². The van der Waals surface area contributed by atoms with Gasteiger partial charge in [-0.1, -0.05) is 31.4 Å². The highest BCUT2D eigenvalue weighted by molar-refractivity contribution is 14.0. The minimum absolute atomic E-state index is 0. The molecule has 1 saturated carbocycles. The fraction of sp³-hybridized carbons (Fsp3) is 0.720. The maximum Gasteiger partial charge on any atom is 0.191 e. The van der Waals surface area contributed by atoms with E-state index in [1.165, 1.54) is 37.7 Å². The lowest BCUT2D eigenvalue weighted by atomic mass is 9.80. The van der Waals surface area contributed by atoms with E-state index in [4.69, 9.17) is 14.2 Å². The summed E-state index contributed by atoms with van der Waals surface area (Å²) in [5.74, 6) is 1.79. The SMILES string of the molecule is CN=C(NCc1ccc(C)cc1OC1CCOC1)NCC1(N2CCOCC2)CCCCC1.I. The Hall–Kier alpha value is -1.10. The van der Waals surface area contributed by atoms with Crippen LogP contribution in [0.5, 0.6) is 5.75 Å². The van der Waals surface area contributed by atoms with Gasteiger partial charge in [-0.2, -0.15) is 0 Å². The lowest BCUT2D eigenvalue weighted by molar-refractivity contribution is -0.0352. The number of halogens is 1. The first-order chi connectivity index (χ1) is 15.7. The minimum Gasteiger partial charge on any atom is -0.488 e. The first-order valence-corrected chi connectivity index (χ1v) is 12.3. The van der Waals surface area contributed by atoms with Gasteiger partial charge in [-0.3, -0.25) is 9.89 Å². The summed E-state index contributed by atoms with van der Waals surface area (Å²) in [6.45, 7) is 8.90. The molecule has 0 spiro atoms. The quantitative estimate of drug-likeness (QED) is 0.297. The summed E-state index contributed by atoms with van der Waals surface area (Å²) in [4.78, 5) is 7.16. The van der Waals surface area contributed by atoms with E-state index in [1.54, 1.807) is 0 Å². The second-order valence-electron chi connectivity index (χ2n) is 9.38. The molecule has 0 amide bonds. The molecule has 1 unspecified atom stereocenters. The largest absolute Gasteiger partial charge is 0.488 e. The van der Waals surface area contributed by atoms with Crippen LogP contribution in [0, 0.1) is 6.92 Å². The Kier molecular flexibility index (Phi) is 10.5. The first-order valence-electron chi connectivity index (χ1n) is 12.3. The summed E-state index contributed by atoms with van der Waals surface area (Å²) in [6.07, 6.45) is 7.55. The monoisotopic (exact) mass is 572 g/mol. The molecule has 1 aromatic rings. The summed E-state index contributed by atoms with van der Waals surface area (Å²) in [5.41, 5.74) is 2.56. The molecule has 0 aromatic heterocycles. The van der Waals surface area contributed by atoms with Crippen molar-refractivity contribution in [3.05, 3.63) is 29.3 Å². The number of aliphatic imine (C=N–C) groups is 1. The number of nitrogens with one attached hydrogen (secondary N) is 2. The van der Waals surface area contributed by atoms with Gasteiger partial charge in [-0.15, -0.1) is 24.0 Å². The number of guanidine groups is 1. The number of rotatable bonds is 7. The zero-order valence-electron chi connectivity index (χ0n) is 20.2. The predicted molar refractivity (Wildman–Crippen MR) is 143 cm³/mol. The molecule has 1 aromatic carbocycles. The summed E-state index contributed by atoms with van der Waals surface area (Å²) in [5, 5.41) is 7.16. The van der Waals surface area contributed by atoms with E-state index in [2.05, 4.69) is 45.6 Å². The molecule has 8 heteroatoms. The van der Waals surface area contributed by atoms with E-state index in [0.29, 0.717) is 13.2 Å². The number of hydrogen-bond acceptors (Lipinski definition) is 5. The van der Waals surface area contributed by atoms with Crippen molar-refractivity contribution >= 4 is 29.9 Å². The number of hydrogen-bond donors (Lipinski definition) is 2. The lowest BCUT2D eigenvalue weighted by Crippen LogP contribution is -2.60. The number of morpholine rings is 1. The van der Waals surface area contributed by atoms with Crippen LogP contribution in [-0.4, -0.2) is 75.6 Å². The molecule has 0 radical (unpaired) electrons. The van der Waals surface area contributed by atoms with Crippen LogP contribution in [0.1, 0.15) is 49.7 Å². The average molecular weight is 573 g/mol. The van der Waals surface area contributed by atoms with Crippen LogP contribution in [0.2, 0.25) is 0 Å². The molecule has 1 aliphatic carbocycles. The molecule has 0 bridgehead atoms. The van der Waals surface area contributed by atoms with Gasteiger partial charge in [0.1, 0.15) is 11.9 Å². The number of aryl methyl sites for hydroxylation is 1. The third-order valence-corrected chi connectivity index (χ3v) is 7.13. The standard InChI is InChI=1S/C25H40N4O3.HI/c1-20-6-7-21(23(16-20)32-22-8-13-31-18-22)17-27-24(26-2)28-19-25(9-4-3-5-10-25)29-11-14-30-15-12-29;/h6-7,16,22H,3-5,8-15,17-19H2,1-2H3,(H2,26,27,28);1H. The van der Waals surface area contributed by atoms with Gasteiger partial charge in [0.15, 0.2) is 5.96 Å². The van der Waals surface area contributed by atoms with Crippen molar-refractivity contribution in [1.82, 2.24) is 15.5 Å². The van der Waals surface area contributed by atoms with E-state index >= 15 is 0 Å². The highest BCUT2D eigenvalue weighted by atomic mass is 127. The maximum absolute atomic E-state index is 6.26. The van der Waals surface area contributed by atoms with Crippen molar-refractivity contribution in [3.63, 3.8) is 0 Å². The molecule has 2 N–H and O–H groups in total. The summed E-state index contributed by atoms with van der Waals surface area (Å²) in [6, 6.07) is 6.42. The zero-order valence-corrected chi connectivity index (χ0v) is 22.6. The van der Waals surface area contributed by atoms with Gasteiger partial charge < -0.3 is 24.8 Å². The average Bonchev–Trinajstić information content (AvgIpc) is 3.34. The Morgan fingerprint density at radius 2 is 1.91 bits per heavy atom. The maximum atomic E-state index is 6.26. The second-order valence-corrected chi connectivity index (χ2v) is 9.38. The summed E-state index contributed by atoms with van der Waals surface area (Å²) in [7, 11) is 1.85. The molecule has 3 fully saturated rings. The summed E-state index contributed by atoms with van der Waals surface area (Å²) < 4.78 is 17.4. The second kappa shape index (κ2) is 13.1. The molecule has 2 saturated heterocycles. The summed E-state index contributed by atoms with van der Waals surface area (Å²) >= 11 is 0. The van der Waals surface area contributed by atoms with Crippen LogP contribution in [0.4, 0.5) is 0 Å². The van der Waals surface area contributed by atoms with Crippen molar-refractivity contribution in [1.29, 1.82) is 0 Å². The van der Waals surface area contributed by atoms with Crippen LogP contribution < -0.4 is 15.4 Å². The Morgan fingerprint density at radius 1 is 1.12 bits per heavy atom. The van der Waals surface area contributed by atoms with Crippen molar-refractivity contribution in [2.75, 3.05) is 53.1 Å². The Morgan fingerprint density at radius 3 is 2.61 bits per heavy atom. The van der Waals surface area contributed by atoms with E-state index in [1.807, 2.05) is 7.05 Å². The number of nitrogens with zero attached hydrogens (tertiary/aromatic N) is 2. The van der Waals surface area contributed by atoms with Crippen LogP contribution in [0.25, 0.3) is 0 Å². The molecule has 2 heterocycles. The van der Waals surface area contributed by atoms with E-state index in [0.717, 1.165) is 63.1 Å². The van der Waals surface area contributed by atoms with E-state index in [-0.39, 0.29) is 35.6 Å².